The Kier molecular flexibility index (Phi) is 4.89. The smallest absolute Gasteiger partial charge is 0.322 e. The minimum absolute atomic E-state index is 0.117. The third kappa shape index (κ3) is 4.94. The van der Waals surface area contributed by atoms with Crippen molar-refractivity contribution in [2.75, 3.05) is 6.54 Å². The number of carbonyl (C=O) groups is 2. The molecular formula is C10H14N4O3. The fraction of sp³-hybridized carbons (Fsp3) is 0.300. The van der Waals surface area contributed by atoms with Gasteiger partial charge in [0.1, 0.15) is 6.04 Å². The lowest BCUT2D eigenvalue weighted by atomic mass is 10.3. The first-order valence-electron chi connectivity index (χ1n) is 4.98. The summed E-state index contributed by atoms with van der Waals surface area (Å²) in [5.41, 5.74) is 6.07. The molecule has 0 aliphatic rings. The van der Waals surface area contributed by atoms with E-state index in [1.165, 1.54) is 0 Å². The number of rotatable bonds is 5. The Hall–Kier alpha value is -2.15. The van der Waals surface area contributed by atoms with Crippen LogP contribution >= 0.6 is 0 Å². The maximum absolute atomic E-state index is 11.3. The molecule has 5 N–H and O–H groups in total. The molecule has 7 heteroatoms. The quantitative estimate of drug-likeness (QED) is 0.540. The molecule has 1 unspecified atom stereocenters. The summed E-state index contributed by atoms with van der Waals surface area (Å²) in [7, 11) is 0. The van der Waals surface area contributed by atoms with E-state index >= 15 is 0 Å². The fourth-order valence-electron chi connectivity index (χ4n) is 1.04. The lowest BCUT2D eigenvalue weighted by Gasteiger charge is -2.09. The Labute approximate surface area is 98.0 Å². The van der Waals surface area contributed by atoms with Gasteiger partial charge < -0.3 is 21.5 Å². The molecular weight excluding hydrogens is 224 g/mol. The Morgan fingerprint density at radius 3 is 2.82 bits per heavy atom. The van der Waals surface area contributed by atoms with Crippen LogP contribution in [-0.2, 0) is 11.3 Å². The van der Waals surface area contributed by atoms with Crippen molar-refractivity contribution in [1.29, 1.82) is 0 Å². The second kappa shape index (κ2) is 6.44. The van der Waals surface area contributed by atoms with Crippen LogP contribution in [0.3, 0.4) is 0 Å². The molecule has 7 nitrogen and oxygen atoms in total. The molecule has 1 heterocycles. The molecule has 0 aromatic carbocycles. The molecule has 0 aliphatic heterocycles. The number of urea groups is 1. The van der Waals surface area contributed by atoms with Gasteiger partial charge in [0.25, 0.3) is 0 Å². The predicted molar refractivity (Wildman–Crippen MR) is 60.1 cm³/mol. The number of hydrogen-bond donors (Lipinski definition) is 4. The monoisotopic (exact) mass is 238 g/mol. The lowest BCUT2D eigenvalue weighted by Crippen LogP contribution is -2.45. The Morgan fingerprint density at radius 2 is 2.24 bits per heavy atom. The number of carboxylic acid groups (broad SMARTS) is 1. The SMILES string of the molecule is NC(CNC(=O)NCc1cccnc1)C(=O)O. The first-order chi connectivity index (χ1) is 8.09. The lowest BCUT2D eigenvalue weighted by molar-refractivity contribution is -0.138. The predicted octanol–water partition coefficient (Wildman–Crippen LogP) is -0.707. The molecule has 0 aliphatic carbocycles. The number of nitrogens with zero attached hydrogens (tertiary/aromatic N) is 1. The summed E-state index contributed by atoms with van der Waals surface area (Å²) in [5, 5.41) is 13.4. The molecule has 1 aromatic heterocycles. The van der Waals surface area contributed by atoms with Gasteiger partial charge in [-0.25, -0.2) is 4.79 Å². The molecule has 0 saturated carbocycles. The zero-order chi connectivity index (χ0) is 12.7. The molecule has 2 amide bonds. The van der Waals surface area contributed by atoms with Crippen LogP contribution in [0.2, 0.25) is 0 Å². The fourth-order valence-corrected chi connectivity index (χ4v) is 1.04. The number of carboxylic acids is 1. The van der Waals surface area contributed by atoms with E-state index in [0.717, 1.165) is 5.56 Å². The van der Waals surface area contributed by atoms with E-state index in [1.54, 1.807) is 18.5 Å². The largest absolute Gasteiger partial charge is 0.480 e. The topological polar surface area (TPSA) is 117 Å². The van der Waals surface area contributed by atoms with Gasteiger partial charge in [0.15, 0.2) is 0 Å². The van der Waals surface area contributed by atoms with Crippen molar-refractivity contribution < 1.29 is 14.7 Å². The summed E-state index contributed by atoms with van der Waals surface area (Å²) >= 11 is 0. The summed E-state index contributed by atoms with van der Waals surface area (Å²) in [5.74, 6) is -1.16. The molecule has 1 rings (SSSR count). The van der Waals surface area contributed by atoms with Crippen LogP contribution < -0.4 is 16.4 Å². The second-order valence-corrected chi connectivity index (χ2v) is 3.37. The van der Waals surface area contributed by atoms with E-state index in [0.29, 0.717) is 6.54 Å². The molecule has 1 atom stereocenters. The molecule has 0 fully saturated rings. The van der Waals surface area contributed by atoms with Crippen molar-refractivity contribution in [3.8, 4) is 0 Å². The van der Waals surface area contributed by atoms with Gasteiger partial charge in [0.05, 0.1) is 0 Å². The first kappa shape index (κ1) is 12.9. The Morgan fingerprint density at radius 1 is 1.47 bits per heavy atom. The number of nitrogens with one attached hydrogen (secondary N) is 2. The zero-order valence-electron chi connectivity index (χ0n) is 9.09. The van der Waals surface area contributed by atoms with Crippen molar-refractivity contribution in [3.63, 3.8) is 0 Å². The van der Waals surface area contributed by atoms with Crippen LogP contribution in [-0.4, -0.2) is 34.7 Å². The highest BCUT2D eigenvalue weighted by Gasteiger charge is 2.12. The van der Waals surface area contributed by atoms with Gasteiger partial charge >= 0.3 is 12.0 Å². The Balaban J connectivity index is 2.24. The maximum atomic E-state index is 11.3. The molecule has 92 valence electrons. The van der Waals surface area contributed by atoms with Gasteiger partial charge in [0.2, 0.25) is 0 Å². The van der Waals surface area contributed by atoms with Gasteiger partial charge in [-0.2, -0.15) is 0 Å². The number of amides is 2. The van der Waals surface area contributed by atoms with Crippen LogP contribution in [0.15, 0.2) is 24.5 Å². The second-order valence-electron chi connectivity index (χ2n) is 3.37. The summed E-state index contributed by atoms with van der Waals surface area (Å²) in [4.78, 5) is 25.5. The van der Waals surface area contributed by atoms with E-state index in [4.69, 9.17) is 10.8 Å². The van der Waals surface area contributed by atoms with Crippen molar-refractivity contribution in [3.05, 3.63) is 30.1 Å². The summed E-state index contributed by atoms with van der Waals surface area (Å²) < 4.78 is 0. The number of aliphatic carboxylic acids is 1. The first-order valence-corrected chi connectivity index (χ1v) is 4.98. The number of nitrogens with two attached hydrogens (primary N) is 1. The van der Waals surface area contributed by atoms with Crippen molar-refractivity contribution >= 4 is 12.0 Å². The molecule has 0 spiro atoms. The third-order valence-electron chi connectivity index (χ3n) is 1.98. The van der Waals surface area contributed by atoms with Crippen molar-refractivity contribution in [1.82, 2.24) is 15.6 Å². The minimum Gasteiger partial charge on any atom is -0.480 e. The Bertz CT molecular complexity index is 382. The number of pyridine rings is 1. The van der Waals surface area contributed by atoms with Gasteiger partial charge in [-0.15, -0.1) is 0 Å². The maximum Gasteiger partial charge on any atom is 0.322 e. The van der Waals surface area contributed by atoms with E-state index in [1.807, 2.05) is 6.07 Å². The highest BCUT2D eigenvalue weighted by atomic mass is 16.4. The molecule has 0 saturated heterocycles. The van der Waals surface area contributed by atoms with E-state index in [9.17, 15) is 9.59 Å². The van der Waals surface area contributed by atoms with Crippen LogP contribution in [0, 0.1) is 0 Å². The van der Waals surface area contributed by atoms with Crippen LogP contribution in [0.25, 0.3) is 0 Å². The van der Waals surface area contributed by atoms with Gasteiger partial charge in [0, 0.05) is 25.5 Å². The number of hydrogen-bond acceptors (Lipinski definition) is 4. The normalized spacial score (nSPS) is 11.6. The van der Waals surface area contributed by atoms with Crippen molar-refractivity contribution in [2.45, 2.75) is 12.6 Å². The third-order valence-corrected chi connectivity index (χ3v) is 1.98. The molecule has 0 radical (unpaired) electrons. The van der Waals surface area contributed by atoms with Crippen LogP contribution in [0.1, 0.15) is 5.56 Å². The average molecular weight is 238 g/mol. The van der Waals surface area contributed by atoms with Crippen LogP contribution in [0.4, 0.5) is 4.79 Å². The zero-order valence-corrected chi connectivity index (χ0v) is 9.09. The van der Waals surface area contributed by atoms with E-state index in [2.05, 4.69) is 15.6 Å². The highest BCUT2D eigenvalue weighted by molar-refractivity contribution is 5.77. The molecule has 1 aromatic rings. The molecule has 17 heavy (non-hydrogen) atoms. The standard InChI is InChI=1S/C10H14N4O3/c11-8(9(15)16)6-14-10(17)13-5-7-2-1-3-12-4-7/h1-4,8H,5-6,11H2,(H,15,16)(H2,13,14,17). The average Bonchev–Trinajstić information content (AvgIpc) is 2.34. The number of carbonyl (C=O) groups excluding carboxylic acids is 1. The van der Waals surface area contributed by atoms with Crippen LogP contribution in [0.5, 0.6) is 0 Å². The summed E-state index contributed by atoms with van der Waals surface area (Å²) in [6.45, 7) is 0.205. The molecule has 0 bridgehead atoms. The van der Waals surface area contributed by atoms with Crippen molar-refractivity contribution in [2.24, 2.45) is 5.73 Å². The summed E-state index contributed by atoms with van der Waals surface area (Å²) in [6, 6.07) is 2.01. The van der Waals surface area contributed by atoms with E-state index < -0.39 is 18.0 Å². The van der Waals surface area contributed by atoms with E-state index in [-0.39, 0.29) is 6.54 Å². The van der Waals surface area contributed by atoms with Gasteiger partial charge in [-0.1, -0.05) is 6.07 Å². The van der Waals surface area contributed by atoms with Gasteiger partial charge in [-0.3, -0.25) is 9.78 Å². The highest BCUT2D eigenvalue weighted by Crippen LogP contribution is 1.93. The number of aromatic nitrogens is 1. The van der Waals surface area contributed by atoms with Gasteiger partial charge in [-0.05, 0) is 11.6 Å². The summed E-state index contributed by atoms with van der Waals surface area (Å²) in [6.07, 6.45) is 3.26. The minimum atomic E-state index is -1.16.